The average Bonchev–Trinajstić information content (AvgIpc) is 3.55. The summed E-state index contributed by atoms with van der Waals surface area (Å²) in [5, 5.41) is 3.70. The number of hydrogen-bond acceptors (Lipinski definition) is 8. The number of nitrogens with zero attached hydrogens (tertiary/aromatic N) is 5. The van der Waals surface area contributed by atoms with E-state index < -0.39 is 11.9 Å². The Morgan fingerprint density at radius 2 is 1.70 bits per heavy atom. The molecule has 1 aromatic carbocycles. The minimum atomic E-state index is -0.505. The molecule has 3 fully saturated rings. The first-order valence-electron chi connectivity index (χ1n) is 16.7. The quantitative estimate of drug-likeness (QED) is 0.366. The fraction of sp³-hybridized carbons (Fsp3) is 0.588. The van der Waals surface area contributed by atoms with E-state index in [2.05, 4.69) is 10.3 Å². The van der Waals surface area contributed by atoms with E-state index in [1.54, 1.807) is 14.7 Å². The predicted molar refractivity (Wildman–Crippen MR) is 174 cm³/mol. The highest BCUT2D eigenvalue weighted by atomic mass is 16.6. The van der Waals surface area contributed by atoms with Crippen LogP contribution < -0.4 is 10.1 Å². The van der Waals surface area contributed by atoms with Gasteiger partial charge >= 0.3 is 6.09 Å². The summed E-state index contributed by atoms with van der Waals surface area (Å²) < 4.78 is 11.3. The number of ether oxygens (including phenoxy) is 2. The molecule has 1 atom stereocenters. The molecule has 0 radical (unpaired) electrons. The Labute approximate surface area is 275 Å². The minimum absolute atomic E-state index is 0.0828. The zero-order valence-electron chi connectivity index (χ0n) is 27.7. The molecule has 0 spiro atoms. The lowest BCUT2D eigenvalue weighted by Crippen LogP contribution is -2.52. The summed E-state index contributed by atoms with van der Waals surface area (Å²) in [5.74, 6) is -0.785. The molecule has 3 aliphatic rings. The molecule has 2 aliphatic heterocycles. The molecule has 3 heterocycles. The van der Waals surface area contributed by atoms with Crippen LogP contribution in [0.4, 0.5) is 4.79 Å². The molecule has 5 amide bonds. The summed E-state index contributed by atoms with van der Waals surface area (Å²) in [4.78, 5) is 75.7. The van der Waals surface area contributed by atoms with Crippen LogP contribution in [0.1, 0.15) is 67.9 Å². The molecule has 0 bridgehead atoms. The van der Waals surface area contributed by atoms with E-state index in [1.807, 2.05) is 32.0 Å². The van der Waals surface area contributed by atoms with Gasteiger partial charge in [-0.15, -0.1) is 0 Å². The molecule has 254 valence electrons. The van der Waals surface area contributed by atoms with Crippen molar-refractivity contribution in [3.05, 3.63) is 35.5 Å². The van der Waals surface area contributed by atoms with E-state index in [1.165, 1.54) is 18.0 Å². The monoisotopic (exact) mass is 650 g/mol. The van der Waals surface area contributed by atoms with Crippen LogP contribution in [0.2, 0.25) is 0 Å². The number of fused-ring (bicyclic) bond motifs is 1. The topological polar surface area (TPSA) is 142 Å². The van der Waals surface area contributed by atoms with Crippen LogP contribution in [0.15, 0.2) is 24.3 Å². The van der Waals surface area contributed by atoms with Gasteiger partial charge in [0.1, 0.15) is 17.5 Å². The summed E-state index contributed by atoms with van der Waals surface area (Å²) in [5.41, 5.74) is 1.55. The van der Waals surface area contributed by atoms with E-state index in [4.69, 9.17) is 9.47 Å². The second kappa shape index (κ2) is 15.4. The Morgan fingerprint density at radius 1 is 0.957 bits per heavy atom. The molecular weight excluding hydrogens is 604 g/mol. The smallest absolute Gasteiger partial charge is 0.409 e. The number of benzene rings is 1. The fourth-order valence-electron chi connectivity index (χ4n) is 6.05. The number of nitrogens with one attached hydrogen (secondary N) is 1. The molecule has 2 saturated heterocycles. The van der Waals surface area contributed by atoms with Gasteiger partial charge in [-0.1, -0.05) is 19.4 Å². The van der Waals surface area contributed by atoms with Crippen molar-refractivity contribution in [2.24, 2.45) is 0 Å². The summed E-state index contributed by atoms with van der Waals surface area (Å²) >= 11 is 0. The number of likely N-dealkylation sites (tertiary alicyclic amines) is 1. The van der Waals surface area contributed by atoms with E-state index in [0.29, 0.717) is 62.4 Å². The first kappa shape index (κ1) is 33.9. The number of carbonyl (C=O) groups is 5. The van der Waals surface area contributed by atoms with Crippen LogP contribution in [0, 0.1) is 6.92 Å². The molecule has 5 rings (SSSR count). The second-order valence-corrected chi connectivity index (χ2v) is 12.7. The van der Waals surface area contributed by atoms with Gasteiger partial charge in [0.2, 0.25) is 11.8 Å². The van der Waals surface area contributed by atoms with Crippen molar-refractivity contribution in [1.82, 2.24) is 29.9 Å². The number of aromatic nitrogens is 1. The molecule has 47 heavy (non-hydrogen) atoms. The number of piperazine rings is 1. The van der Waals surface area contributed by atoms with Gasteiger partial charge in [0.15, 0.2) is 6.61 Å². The normalized spacial score (nSPS) is 18.1. The van der Waals surface area contributed by atoms with Crippen LogP contribution in [0.5, 0.6) is 5.75 Å². The zero-order chi connectivity index (χ0) is 33.5. The lowest BCUT2D eigenvalue weighted by atomic mass is 9.93. The predicted octanol–water partition coefficient (Wildman–Crippen LogP) is 2.73. The summed E-state index contributed by atoms with van der Waals surface area (Å²) in [6, 6.07) is 6.76. The Balaban J connectivity index is 1.21. The summed E-state index contributed by atoms with van der Waals surface area (Å²) in [6.07, 6.45) is 5.80. The van der Waals surface area contributed by atoms with Gasteiger partial charge in [-0.25, -0.2) is 9.78 Å². The molecule has 1 N–H and O–H groups in total. The number of pyridine rings is 1. The molecule has 1 aromatic heterocycles. The SMILES string of the molecule is CCCCOC(=O)N1CCN(C(=O)CN(C)C(=O)c2cc(OCC(=O)N3CCCC3C(=O)NC3CCC3)c3ccc(C)cc3n2)CC1. The zero-order valence-corrected chi connectivity index (χ0v) is 27.7. The van der Waals surface area contributed by atoms with E-state index >= 15 is 0 Å². The molecule has 13 heteroatoms. The van der Waals surface area contributed by atoms with Crippen LogP contribution in [-0.2, 0) is 19.1 Å². The number of rotatable bonds is 11. The van der Waals surface area contributed by atoms with Gasteiger partial charge in [-0.3, -0.25) is 19.2 Å². The minimum Gasteiger partial charge on any atom is -0.483 e. The van der Waals surface area contributed by atoms with Crippen molar-refractivity contribution in [2.45, 2.75) is 70.9 Å². The van der Waals surface area contributed by atoms with E-state index in [-0.39, 0.29) is 48.7 Å². The summed E-state index contributed by atoms with van der Waals surface area (Å²) in [7, 11) is 1.54. The Kier molecular flexibility index (Phi) is 11.2. The van der Waals surface area contributed by atoms with Crippen molar-refractivity contribution in [2.75, 3.05) is 59.5 Å². The second-order valence-electron chi connectivity index (χ2n) is 12.7. The van der Waals surface area contributed by atoms with Crippen molar-refractivity contribution < 1.29 is 33.4 Å². The molecular formula is C34H46N6O7. The third-order valence-corrected chi connectivity index (χ3v) is 9.16. The lowest BCUT2D eigenvalue weighted by molar-refractivity contribution is -0.140. The van der Waals surface area contributed by atoms with Gasteiger partial charge in [0.25, 0.3) is 11.8 Å². The molecule has 1 unspecified atom stereocenters. The number of hydrogen-bond donors (Lipinski definition) is 1. The number of unbranched alkanes of at least 4 members (excludes halogenated alkanes) is 1. The van der Waals surface area contributed by atoms with Crippen LogP contribution in [0.25, 0.3) is 10.9 Å². The largest absolute Gasteiger partial charge is 0.483 e. The first-order valence-corrected chi connectivity index (χ1v) is 16.7. The number of amides is 5. The van der Waals surface area contributed by atoms with Crippen molar-refractivity contribution >= 4 is 40.6 Å². The van der Waals surface area contributed by atoms with Crippen molar-refractivity contribution in [1.29, 1.82) is 0 Å². The fourth-order valence-corrected chi connectivity index (χ4v) is 6.05. The van der Waals surface area contributed by atoms with E-state index in [0.717, 1.165) is 44.1 Å². The lowest BCUT2D eigenvalue weighted by Gasteiger charge is -2.34. The van der Waals surface area contributed by atoms with Gasteiger partial charge in [0.05, 0.1) is 18.7 Å². The van der Waals surface area contributed by atoms with Gasteiger partial charge in [0, 0.05) is 57.3 Å². The Bertz CT molecular complexity index is 1490. The number of aryl methyl sites for hydroxylation is 1. The molecule has 13 nitrogen and oxygen atoms in total. The highest BCUT2D eigenvalue weighted by Gasteiger charge is 2.36. The van der Waals surface area contributed by atoms with Crippen LogP contribution in [-0.4, -0.2) is 126 Å². The van der Waals surface area contributed by atoms with Crippen molar-refractivity contribution in [3.63, 3.8) is 0 Å². The Morgan fingerprint density at radius 3 is 2.40 bits per heavy atom. The highest BCUT2D eigenvalue weighted by Crippen LogP contribution is 2.28. The third-order valence-electron chi connectivity index (χ3n) is 9.16. The summed E-state index contributed by atoms with van der Waals surface area (Å²) in [6.45, 7) is 5.78. The number of likely N-dealkylation sites (N-methyl/N-ethyl adjacent to an activating group) is 1. The third kappa shape index (κ3) is 8.30. The maximum atomic E-state index is 13.5. The maximum absolute atomic E-state index is 13.5. The van der Waals surface area contributed by atoms with Crippen LogP contribution in [0.3, 0.4) is 0 Å². The van der Waals surface area contributed by atoms with Gasteiger partial charge in [-0.05, 0) is 63.1 Å². The van der Waals surface area contributed by atoms with Gasteiger partial charge in [-0.2, -0.15) is 0 Å². The molecule has 2 aromatic rings. The van der Waals surface area contributed by atoms with E-state index in [9.17, 15) is 24.0 Å². The maximum Gasteiger partial charge on any atom is 0.409 e. The standard InChI is InChI=1S/C34H46N6O7/c1-4-5-18-46-34(45)39-16-14-38(15-17-39)30(41)21-37(3)33(44)27-20-29(25-12-11-23(2)19-26(25)36-27)47-22-31(42)40-13-7-10-28(40)32(43)35-24-8-6-9-24/h11-12,19-20,24,28H,4-10,13-18,21-22H2,1-3H3,(H,35,43). The Hall–Kier alpha value is -4.42. The first-order chi connectivity index (χ1) is 22.6. The molecule has 1 aliphatic carbocycles. The number of carbonyl (C=O) groups excluding carboxylic acids is 5. The molecule has 1 saturated carbocycles. The van der Waals surface area contributed by atoms with Crippen molar-refractivity contribution in [3.8, 4) is 5.75 Å². The average molecular weight is 651 g/mol. The van der Waals surface area contributed by atoms with Crippen LogP contribution >= 0.6 is 0 Å². The highest BCUT2D eigenvalue weighted by molar-refractivity contribution is 5.99. The van der Waals surface area contributed by atoms with Gasteiger partial charge < -0.3 is 34.4 Å².